The van der Waals surface area contributed by atoms with Crippen LogP contribution in [0.1, 0.15) is 58.6 Å². The molecule has 3 amide bonds. The number of rotatable bonds is 5. The zero-order valence-electron chi connectivity index (χ0n) is 19.4. The minimum absolute atomic E-state index is 0.0769. The monoisotopic (exact) mass is 466 g/mol. The standard InChI is InChI=1S/C24H30N6O4/c1-34-18-7-5-17(6-8-18)30-22-19(21(26-30)23(25)32)11-15-28(24(22)33)16-9-13-27(14-10-16)29-12-3-2-4-20(29)31/h5-8,16H,2-4,9-15H2,1H3,(H2,25,32). The number of methoxy groups -OCH3 is 1. The van der Waals surface area contributed by atoms with Crippen LogP contribution in [0.15, 0.2) is 24.3 Å². The van der Waals surface area contributed by atoms with Crippen molar-refractivity contribution >= 4 is 17.7 Å². The van der Waals surface area contributed by atoms with Gasteiger partial charge in [-0.1, -0.05) is 0 Å². The Kier molecular flexibility index (Phi) is 5.99. The Morgan fingerprint density at radius 2 is 1.76 bits per heavy atom. The number of ether oxygens (including phenoxy) is 1. The van der Waals surface area contributed by atoms with Crippen LogP contribution in [0.2, 0.25) is 0 Å². The first-order valence-electron chi connectivity index (χ1n) is 11.9. The molecule has 180 valence electrons. The summed E-state index contributed by atoms with van der Waals surface area (Å²) in [6, 6.07) is 7.26. The predicted molar refractivity (Wildman–Crippen MR) is 124 cm³/mol. The maximum absolute atomic E-state index is 13.7. The van der Waals surface area contributed by atoms with Crippen LogP contribution in [0.4, 0.5) is 0 Å². The van der Waals surface area contributed by atoms with Crippen molar-refractivity contribution in [3.63, 3.8) is 0 Å². The molecule has 0 radical (unpaired) electrons. The summed E-state index contributed by atoms with van der Waals surface area (Å²) >= 11 is 0. The quantitative estimate of drug-likeness (QED) is 0.712. The third-order valence-corrected chi connectivity index (χ3v) is 7.12. The van der Waals surface area contributed by atoms with Gasteiger partial charge in [0.1, 0.15) is 11.4 Å². The fraction of sp³-hybridized carbons (Fsp3) is 0.500. The van der Waals surface area contributed by atoms with Crippen molar-refractivity contribution in [2.24, 2.45) is 5.73 Å². The third-order valence-electron chi connectivity index (χ3n) is 7.12. The van der Waals surface area contributed by atoms with Gasteiger partial charge in [0.15, 0.2) is 5.69 Å². The number of amides is 3. The number of hydrogen-bond donors (Lipinski definition) is 1. The minimum Gasteiger partial charge on any atom is -0.497 e. The van der Waals surface area contributed by atoms with Crippen LogP contribution in [0.25, 0.3) is 5.69 Å². The average Bonchev–Trinajstić information content (AvgIpc) is 3.26. The van der Waals surface area contributed by atoms with Gasteiger partial charge in [-0.05, 0) is 56.4 Å². The molecule has 0 atom stereocenters. The highest BCUT2D eigenvalue weighted by Gasteiger charge is 2.38. The zero-order valence-corrected chi connectivity index (χ0v) is 19.4. The predicted octanol–water partition coefficient (Wildman–Crippen LogP) is 1.37. The number of hydrazine groups is 1. The van der Waals surface area contributed by atoms with E-state index >= 15 is 0 Å². The largest absolute Gasteiger partial charge is 0.497 e. The number of nitrogens with zero attached hydrogens (tertiary/aromatic N) is 5. The lowest BCUT2D eigenvalue weighted by atomic mass is 9.97. The molecule has 0 aliphatic carbocycles. The summed E-state index contributed by atoms with van der Waals surface area (Å²) in [5, 5.41) is 8.47. The Morgan fingerprint density at radius 1 is 1.03 bits per heavy atom. The van der Waals surface area contributed by atoms with E-state index in [4.69, 9.17) is 10.5 Å². The molecule has 2 fully saturated rings. The number of aromatic nitrogens is 2. The summed E-state index contributed by atoms with van der Waals surface area (Å²) in [6.45, 7) is 2.80. The molecule has 5 rings (SSSR count). The molecule has 2 saturated heterocycles. The number of primary amides is 1. The maximum atomic E-state index is 13.7. The first-order valence-corrected chi connectivity index (χ1v) is 11.9. The Bertz CT molecular complexity index is 1100. The van der Waals surface area contributed by atoms with Gasteiger partial charge in [0.05, 0.1) is 12.8 Å². The summed E-state index contributed by atoms with van der Waals surface area (Å²) in [5.41, 5.74) is 7.43. The number of hydrogen-bond acceptors (Lipinski definition) is 6. The smallest absolute Gasteiger partial charge is 0.273 e. The Morgan fingerprint density at radius 3 is 2.41 bits per heavy atom. The van der Waals surface area contributed by atoms with E-state index in [0.29, 0.717) is 42.1 Å². The Hall–Kier alpha value is -3.40. The van der Waals surface area contributed by atoms with Gasteiger partial charge in [-0.3, -0.25) is 19.4 Å². The minimum atomic E-state index is -0.635. The molecule has 34 heavy (non-hydrogen) atoms. The summed E-state index contributed by atoms with van der Waals surface area (Å²) < 4.78 is 6.76. The second-order valence-electron chi connectivity index (χ2n) is 9.06. The number of carbonyl (C=O) groups excluding carboxylic acids is 3. The van der Waals surface area contributed by atoms with E-state index in [1.807, 2.05) is 9.91 Å². The molecule has 0 spiro atoms. The second-order valence-corrected chi connectivity index (χ2v) is 9.06. The van der Waals surface area contributed by atoms with Crippen LogP contribution in [0.3, 0.4) is 0 Å². The lowest BCUT2D eigenvalue weighted by Crippen LogP contribution is -2.56. The number of carbonyl (C=O) groups is 3. The molecular weight excluding hydrogens is 436 g/mol. The van der Waals surface area contributed by atoms with Gasteiger partial charge < -0.3 is 15.4 Å². The van der Waals surface area contributed by atoms with Crippen molar-refractivity contribution in [2.45, 2.75) is 44.6 Å². The van der Waals surface area contributed by atoms with E-state index < -0.39 is 5.91 Å². The molecule has 2 aromatic rings. The SMILES string of the molecule is COc1ccc(-n2nc(C(N)=O)c3c2C(=O)N(C2CCN(N4CCCCC4=O)CC2)CC3)cc1. The van der Waals surface area contributed by atoms with Gasteiger partial charge in [0.25, 0.3) is 11.8 Å². The molecule has 10 heteroatoms. The van der Waals surface area contributed by atoms with E-state index in [0.717, 1.165) is 45.3 Å². The van der Waals surface area contributed by atoms with Crippen molar-refractivity contribution in [3.05, 3.63) is 41.2 Å². The summed E-state index contributed by atoms with van der Waals surface area (Å²) in [5.74, 6) is 0.117. The van der Waals surface area contributed by atoms with Gasteiger partial charge in [0, 0.05) is 44.2 Å². The highest BCUT2D eigenvalue weighted by atomic mass is 16.5. The number of piperidine rings is 2. The van der Waals surface area contributed by atoms with E-state index in [2.05, 4.69) is 10.1 Å². The van der Waals surface area contributed by atoms with Crippen molar-refractivity contribution in [2.75, 3.05) is 33.3 Å². The average molecular weight is 467 g/mol. The lowest BCUT2D eigenvalue weighted by Gasteiger charge is -2.44. The fourth-order valence-electron chi connectivity index (χ4n) is 5.33. The van der Waals surface area contributed by atoms with E-state index in [1.165, 1.54) is 4.68 Å². The van der Waals surface area contributed by atoms with Gasteiger partial charge in [-0.2, -0.15) is 5.10 Å². The molecule has 0 bridgehead atoms. The molecule has 2 N–H and O–H groups in total. The van der Waals surface area contributed by atoms with Crippen molar-refractivity contribution in [3.8, 4) is 11.4 Å². The summed E-state index contributed by atoms with van der Waals surface area (Å²) in [7, 11) is 1.59. The molecule has 0 saturated carbocycles. The Labute approximate surface area is 198 Å². The molecular formula is C24H30N6O4. The third kappa shape index (κ3) is 3.91. The molecule has 0 unspecified atom stereocenters. The summed E-state index contributed by atoms with van der Waals surface area (Å²) in [4.78, 5) is 40.0. The van der Waals surface area contributed by atoms with Crippen LogP contribution in [-0.4, -0.2) is 81.8 Å². The van der Waals surface area contributed by atoms with E-state index in [1.54, 1.807) is 31.4 Å². The molecule has 3 aliphatic heterocycles. The fourth-order valence-corrected chi connectivity index (χ4v) is 5.33. The van der Waals surface area contributed by atoms with Crippen LogP contribution in [-0.2, 0) is 11.2 Å². The van der Waals surface area contributed by atoms with Crippen LogP contribution in [0, 0.1) is 0 Å². The molecule has 3 aliphatic rings. The van der Waals surface area contributed by atoms with Gasteiger partial charge in [-0.15, -0.1) is 0 Å². The summed E-state index contributed by atoms with van der Waals surface area (Å²) in [6.07, 6.45) is 4.74. The van der Waals surface area contributed by atoms with Crippen LogP contribution >= 0.6 is 0 Å². The molecule has 10 nitrogen and oxygen atoms in total. The molecule has 1 aromatic carbocycles. The van der Waals surface area contributed by atoms with Gasteiger partial charge in [0.2, 0.25) is 5.91 Å². The van der Waals surface area contributed by atoms with E-state index in [9.17, 15) is 14.4 Å². The zero-order chi connectivity index (χ0) is 23.8. The highest BCUT2D eigenvalue weighted by Crippen LogP contribution is 2.30. The Balaban J connectivity index is 1.38. The highest BCUT2D eigenvalue weighted by molar-refractivity contribution is 6.01. The molecule has 1 aromatic heterocycles. The number of fused-ring (bicyclic) bond motifs is 1. The van der Waals surface area contributed by atoms with Gasteiger partial charge >= 0.3 is 0 Å². The van der Waals surface area contributed by atoms with Crippen molar-refractivity contribution in [1.82, 2.24) is 24.7 Å². The number of nitrogens with two attached hydrogens (primary N) is 1. The van der Waals surface area contributed by atoms with Crippen LogP contribution in [0.5, 0.6) is 5.75 Å². The number of benzene rings is 1. The molecule has 4 heterocycles. The normalized spacial score (nSPS) is 19.9. The second kappa shape index (κ2) is 9.09. The van der Waals surface area contributed by atoms with Crippen molar-refractivity contribution in [1.29, 1.82) is 0 Å². The topological polar surface area (TPSA) is 114 Å². The lowest BCUT2D eigenvalue weighted by molar-refractivity contribution is -0.155. The van der Waals surface area contributed by atoms with Crippen molar-refractivity contribution < 1.29 is 19.1 Å². The first-order chi connectivity index (χ1) is 16.5. The first kappa shape index (κ1) is 22.4. The van der Waals surface area contributed by atoms with Gasteiger partial charge in [-0.25, -0.2) is 9.69 Å². The van der Waals surface area contributed by atoms with E-state index in [-0.39, 0.29) is 23.6 Å². The maximum Gasteiger partial charge on any atom is 0.273 e. The van der Waals surface area contributed by atoms with Crippen LogP contribution < -0.4 is 10.5 Å².